The molecule has 0 aliphatic heterocycles. The van der Waals surface area contributed by atoms with Crippen molar-refractivity contribution in [2.45, 2.75) is 60.3 Å². The molecule has 0 unspecified atom stereocenters. The molecule has 0 aromatic heterocycles. The lowest BCUT2D eigenvalue weighted by atomic mass is 9.77. The largest absolute Gasteiger partial charge is 0.0651 e. The molecule has 0 aromatic carbocycles. The molecule has 0 radical (unpaired) electrons. The molecule has 0 rings (SSSR count). The lowest BCUT2D eigenvalue weighted by Crippen LogP contribution is -2.17. The molecule has 0 N–H and O–H groups in total. The zero-order valence-corrected chi connectivity index (χ0v) is 8.91. The monoisotopic (exact) mass is 156 g/mol. The van der Waals surface area contributed by atoms with Crippen molar-refractivity contribution < 1.29 is 0 Å². The van der Waals surface area contributed by atoms with Crippen LogP contribution >= 0.6 is 0 Å². The van der Waals surface area contributed by atoms with E-state index in [4.69, 9.17) is 0 Å². The van der Waals surface area contributed by atoms with Gasteiger partial charge in [-0.3, -0.25) is 0 Å². The Morgan fingerprint density at radius 1 is 1.09 bits per heavy atom. The predicted molar refractivity (Wildman–Crippen MR) is 52.8 cm³/mol. The summed E-state index contributed by atoms with van der Waals surface area (Å²) in [6.45, 7) is 11.7. The van der Waals surface area contributed by atoms with E-state index in [2.05, 4.69) is 34.6 Å². The van der Waals surface area contributed by atoms with Gasteiger partial charge in [0, 0.05) is 0 Å². The summed E-state index contributed by atoms with van der Waals surface area (Å²) < 4.78 is 0. The van der Waals surface area contributed by atoms with Gasteiger partial charge in [0.15, 0.2) is 0 Å². The Labute approximate surface area is 72.4 Å². The van der Waals surface area contributed by atoms with Crippen LogP contribution in [0.5, 0.6) is 0 Å². The third-order valence-corrected chi connectivity index (χ3v) is 3.25. The van der Waals surface area contributed by atoms with Crippen LogP contribution in [-0.4, -0.2) is 0 Å². The SMILES string of the molecule is CC[C@@H](C)CC(C)(CC)CC. The highest BCUT2D eigenvalue weighted by Gasteiger charge is 2.21. The van der Waals surface area contributed by atoms with E-state index in [9.17, 15) is 0 Å². The van der Waals surface area contributed by atoms with Gasteiger partial charge in [-0.1, -0.05) is 53.9 Å². The zero-order chi connectivity index (χ0) is 8.91. The van der Waals surface area contributed by atoms with Crippen molar-refractivity contribution in [1.29, 1.82) is 0 Å². The van der Waals surface area contributed by atoms with Crippen LogP contribution < -0.4 is 0 Å². The highest BCUT2D eigenvalue weighted by molar-refractivity contribution is 4.72. The van der Waals surface area contributed by atoms with Gasteiger partial charge in [-0.05, 0) is 17.8 Å². The highest BCUT2D eigenvalue weighted by atomic mass is 14.3. The Morgan fingerprint density at radius 2 is 1.55 bits per heavy atom. The fourth-order valence-electron chi connectivity index (χ4n) is 1.52. The molecular formula is C11H24. The van der Waals surface area contributed by atoms with Crippen LogP contribution in [0.15, 0.2) is 0 Å². The van der Waals surface area contributed by atoms with Crippen LogP contribution in [0.25, 0.3) is 0 Å². The van der Waals surface area contributed by atoms with E-state index in [0.29, 0.717) is 5.41 Å². The first-order chi connectivity index (χ1) is 5.08. The summed E-state index contributed by atoms with van der Waals surface area (Å²) in [5.74, 6) is 0.903. The molecule has 0 heteroatoms. The lowest BCUT2D eigenvalue weighted by Gasteiger charge is -2.29. The first kappa shape index (κ1) is 11.0. The zero-order valence-electron chi connectivity index (χ0n) is 8.91. The molecule has 0 aliphatic carbocycles. The van der Waals surface area contributed by atoms with Gasteiger partial charge in [0.05, 0.1) is 0 Å². The van der Waals surface area contributed by atoms with Crippen LogP contribution in [0.1, 0.15) is 60.3 Å². The average molecular weight is 156 g/mol. The van der Waals surface area contributed by atoms with Crippen LogP contribution in [0.2, 0.25) is 0 Å². The highest BCUT2D eigenvalue weighted by Crippen LogP contribution is 2.33. The molecule has 11 heavy (non-hydrogen) atoms. The summed E-state index contributed by atoms with van der Waals surface area (Å²) in [5.41, 5.74) is 0.607. The molecule has 0 spiro atoms. The molecule has 0 saturated heterocycles. The van der Waals surface area contributed by atoms with Gasteiger partial charge in [-0.2, -0.15) is 0 Å². The number of hydrogen-bond donors (Lipinski definition) is 0. The van der Waals surface area contributed by atoms with E-state index in [1.54, 1.807) is 0 Å². The van der Waals surface area contributed by atoms with Gasteiger partial charge in [-0.25, -0.2) is 0 Å². The molecular weight excluding hydrogens is 132 g/mol. The second-order valence-corrected chi connectivity index (χ2v) is 4.24. The van der Waals surface area contributed by atoms with E-state index in [1.165, 1.54) is 25.7 Å². The smallest absolute Gasteiger partial charge is 0.0329 e. The molecule has 0 fully saturated rings. The molecule has 0 saturated carbocycles. The lowest BCUT2D eigenvalue weighted by molar-refractivity contribution is 0.225. The summed E-state index contributed by atoms with van der Waals surface area (Å²) in [6, 6.07) is 0. The first-order valence-corrected chi connectivity index (χ1v) is 5.08. The van der Waals surface area contributed by atoms with Gasteiger partial charge in [0.1, 0.15) is 0 Å². The molecule has 0 aliphatic rings. The maximum atomic E-state index is 2.42. The molecule has 0 aromatic rings. The van der Waals surface area contributed by atoms with Crippen molar-refractivity contribution in [3.8, 4) is 0 Å². The van der Waals surface area contributed by atoms with Crippen molar-refractivity contribution in [3.63, 3.8) is 0 Å². The Bertz CT molecular complexity index is 90.2. The van der Waals surface area contributed by atoms with Gasteiger partial charge >= 0.3 is 0 Å². The van der Waals surface area contributed by atoms with Gasteiger partial charge in [-0.15, -0.1) is 0 Å². The Balaban J connectivity index is 3.86. The third-order valence-electron chi connectivity index (χ3n) is 3.25. The van der Waals surface area contributed by atoms with E-state index < -0.39 is 0 Å². The first-order valence-electron chi connectivity index (χ1n) is 5.08. The van der Waals surface area contributed by atoms with E-state index in [1.807, 2.05) is 0 Å². The molecule has 0 bridgehead atoms. The van der Waals surface area contributed by atoms with Crippen LogP contribution in [-0.2, 0) is 0 Å². The minimum absolute atomic E-state index is 0.607. The average Bonchev–Trinajstić information content (AvgIpc) is 2.04. The Hall–Kier alpha value is 0. The third kappa shape index (κ3) is 3.79. The number of rotatable bonds is 5. The summed E-state index contributed by atoms with van der Waals surface area (Å²) in [7, 11) is 0. The fraction of sp³-hybridized carbons (Fsp3) is 1.00. The molecule has 1 atom stereocenters. The standard InChI is InChI=1S/C11H24/c1-6-10(4)9-11(5,7-2)8-3/h10H,6-9H2,1-5H3/t10-/m1/s1. The maximum absolute atomic E-state index is 2.42. The quantitative estimate of drug-likeness (QED) is 0.558. The minimum atomic E-state index is 0.607. The van der Waals surface area contributed by atoms with Crippen molar-refractivity contribution in [2.24, 2.45) is 11.3 Å². The van der Waals surface area contributed by atoms with Crippen molar-refractivity contribution in [2.75, 3.05) is 0 Å². The second kappa shape index (κ2) is 4.79. The Kier molecular flexibility index (Phi) is 4.79. The minimum Gasteiger partial charge on any atom is -0.0651 e. The van der Waals surface area contributed by atoms with Crippen LogP contribution in [0, 0.1) is 11.3 Å². The van der Waals surface area contributed by atoms with Crippen molar-refractivity contribution in [1.82, 2.24) is 0 Å². The summed E-state index contributed by atoms with van der Waals surface area (Å²) in [5, 5.41) is 0. The fourth-order valence-corrected chi connectivity index (χ4v) is 1.52. The summed E-state index contributed by atoms with van der Waals surface area (Å²) in [4.78, 5) is 0. The van der Waals surface area contributed by atoms with E-state index in [0.717, 1.165) is 5.92 Å². The normalized spacial score (nSPS) is 15.0. The molecule has 0 heterocycles. The summed E-state index contributed by atoms with van der Waals surface area (Å²) >= 11 is 0. The van der Waals surface area contributed by atoms with Crippen LogP contribution in [0.4, 0.5) is 0 Å². The van der Waals surface area contributed by atoms with Crippen molar-refractivity contribution >= 4 is 0 Å². The predicted octanol–water partition coefficient (Wildman–Crippen LogP) is 4.25. The van der Waals surface area contributed by atoms with Gasteiger partial charge < -0.3 is 0 Å². The van der Waals surface area contributed by atoms with Gasteiger partial charge in [0.25, 0.3) is 0 Å². The van der Waals surface area contributed by atoms with Crippen LogP contribution in [0.3, 0.4) is 0 Å². The van der Waals surface area contributed by atoms with E-state index >= 15 is 0 Å². The molecule has 68 valence electrons. The Morgan fingerprint density at radius 3 is 1.82 bits per heavy atom. The number of hydrogen-bond acceptors (Lipinski definition) is 0. The second-order valence-electron chi connectivity index (χ2n) is 4.24. The van der Waals surface area contributed by atoms with Crippen molar-refractivity contribution in [3.05, 3.63) is 0 Å². The maximum Gasteiger partial charge on any atom is -0.0329 e. The summed E-state index contributed by atoms with van der Waals surface area (Å²) in [6.07, 6.45) is 5.38. The van der Waals surface area contributed by atoms with Gasteiger partial charge in [0.2, 0.25) is 0 Å². The van der Waals surface area contributed by atoms with E-state index in [-0.39, 0.29) is 0 Å². The molecule has 0 nitrogen and oxygen atoms in total. The molecule has 0 amide bonds. The topological polar surface area (TPSA) is 0 Å².